The molecule has 1 aliphatic rings. The van der Waals surface area contributed by atoms with Crippen LogP contribution >= 0.6 is 11.3 Å². The monoisotopic (exact) mass is 452 g/mol. The molecule has 0 bridgehead atoms. The summed E-state index contributed by atoms with van der Waals surface area (Å²) in [4.78, 5) is 20.5. The van der Waals surface area contributed by atoms with Crippen LogP contribution in [0.5, 0.6) is 0 Å². The molecule has 0 N–H and O–H groups in total. The molecule has 1 aliphatic heterocycles. The van der Waals surface area contributed by atoms with Crippen LogP contribution in [0.15, 0.2) is 54.7 Å². The van der Waals surface area contributed by atoms with E-state index in [9.17, 15) is 14.5 Å². The SMILES string of the molecule is O=[N+]([O-])c1ccc(CCN2CCN(c3nn4cc(-c5ccc(F)cc5)nc4s3)CC2)cc1. The lowest BCUT2D eigenvalue weighted by Crippen LogP contribution is -2.47. The number of nitrogens with zero attached hydrogens (tertiary/aromatic N) is 6. The van der Waals surface area contributed by atoms with Gasteiger partial charge in [-0.25, -0.2) is 13.9 Å². The van der Waals surface area contributed by atoms with Gasteiger partial charge in [0.25, 0.3) is 5.69 Å². The normalized spacial score (nSPS) is 14.8. The van der Waals surface area contributed by atoms with Gasteiger partial charge in [0.15, 0.2) is 0 Å². The van der Waals surface area contributed by atoms with Crippen molar-refractivity contribution in [2.45, 2.75) is 6.42 Å². The van der Waals surface area contributed by atoms with Crippen LogP contribution in [-0.2, 0) is 6.42 Å². The summed E-state index contributed by atoms with van der Waals surface area (Å²) in [6.45, 7) is 4.59. The molecule has 1 saturated heterocycles. The molecular formula is C22H21FN6O2S. The van der Waals surface area contributed by atoms with Crippen LogP contribution in [-0.4, -0.2) is 57.1 Å². The van der Waals surface area contributed by atoms with Crippen molar-refractivity contribution in [2.75, 3.05) is 37.6 Å². The van der Waals surface area contributed by atoms with Crippen molar-refractivity contribution in [2.24, 2.45) is 0 Å². The zero-order chi connectivity index (χ0) is 22.1. The lowest BCUT2D eigenvalue weighted by atomic mass is 10.1. The molecule has 0 radical (unpaired) electrons. The predicted octanol–water partition coefficient (Wildman–Crippen LogP) is 3.87. The molecule has 2 aromatic heterocycles. The van der Waals surface area contributed by atoms with Crippen LogP contribution in [0.2, 0.25) is 0 Å². The van der Waals surface area contributed by atoms with Gasteiger partial charge in [0, 0.05) is 50.4 Å². The van der Waals surface area contributed by atoms with Crippen LogP contribution < -0.4 is 4.90 Å². The number of nitro benzene ring substituents is 1. The van der Waals surface area contributed by atoms with Gasteiger partial charge >= 0.3 is 0 Å². The Kier molecular flexibility index (Phi) is 5.54. The van der Waals surface area contributed by atoms with E-state index in [1.165, 1.54) is 12.1 Å². The van der Waals surface area contributed by atoms with Crippen LogP contribution in [0.1, 0.15) is 5.56 Å². The first-order chi connectivity index (χ1) is 15.5. The fourth-order valence-electron chi connectivity index (χ4n) is 3.81. The largest absolute Gasteiger partial charge is 0.344 e. The summed E-state index contributed by atoms with van der Waals surface area (Å²) in [5.41, 5.74) is 2.89. The van der Waals surface area contributed by atoms with Crippen LogP contribution in [0.25, 0.3) is 16.2 Å². The molecule has 10 heteroatoms. The molecule has 0 spiro atoms. The van der Waals surface area contributed by atoms with Gasteiger partial charge in [-0.3, -0.25) is 15.0 Å². The Balaban J connectivity index is 1.16. The maximum atomic E-state index is 13.1. The zero-order valence-corrected chi connectivity index (χ0v) is 18.0. The van der Waals surface area contributed by atoms with Gasteiger partial charge in [-0.15, -0.1) is 5.10 Å². The molecule has 2 aromatic carbocycles. The summed E-state index contributed by atoms with van der Waals surface area (Å²) in [6, 6.07) is 13.1. The van der Waals surface area contributed by atoms with Gasteiger partial charge in [0.05, 0.1) is 16.8 Å². The van der Waals surface area contributed by atoms with E-state index in [0.717, 1.165) is 66.1 Å². The minimum atomic E-state index is -0.373. The second-order valence-electron chi connectivity index (χ2n) is 7.75. The highest BCUT2D eigenvalue weighted by molar-refractivity contribution is 7.20. The first-order valence-corrected chi connectivity index (χ1v) is 11.2. The Morgan fingerprint density at radius 3 is 2.41 bits per heavy atom. The van der Waals surface area contributed by atoms with Crippen molar-refractivity contribution < 1.29 is 9.31 Å². The molecule has 0 saturated carbocycles. The molecule has 0 atom stereocenters. The van der Waals surface area contributed by atoms with Crippen molar-refractivity contribution >= 4 is 27.1 Å². The van der Waals surface area contributed by atoms with Crippen molar-refractivity contribution in [1.29, 1.82) is 0 Å². The summed E-state index contributed by atoms with van der Waals surface area (Å²) < 4.78 is 14.9. The molecule has 8 nitrogen and oxygen atoms in total. The number of hydrogen-bond donors (Lipinski definition) is 0. The minimum Gasteiger partial charge on any atom is -0.344 e. The van der Waals surface area contributed by atoms with Crippen molar-refractivity contribution in [3.8, 4) is 11.3 Å². The van der Waals surface area contributed by atoms with Gasteiger partial charge < -0.3 is 4.90 Å². The fourth-order valence-corrected chi connectivity index (χ4v) is 4.75. The highest BCUT2D eigenvalue weighted by Gasteiger charge is 2.21. The number of benzene rings is 2. The highest BCUT2D eigenvalue weighted by Crippen LogP contribution is 2.27. The smallest absolute Gasteiger partial charge is 0.269 e. The third-order valence-corrected chi connectivity index (χ3v) is 6.66. The van der Waals surface area contributed by atoms with Gasteiger partial charge in [-0.1, -0.05) is 23.5 Å². The first-order valence-electron chi connectivity index (χ1n) is 10.4. The molecule has 4 aromatic rings. The van der Waals surface area contributed by atoms with Crippen LogP contribution in [0.4, 0.5) is 15.2 Å². The van der Waals surface area contributed by atoms with Crippen molar-refractivity contribution in [1.82, 2.24) is 19.5 Å². The van der Waals surface area contributed by atoms with Crippen molar-refractivity contribution in [3.05, 3.63) is 76.2 Å². The number of aromatic nitrogens is 3. The summed E-state index contributed by atoms with van der Waals surface area (Å²) in [7, 11) is 0. The van der Waals surface area contributed by atoms with E-state index in [1.54, 1.807) is 40.1 Å². The fraction of sp³-hybridized carbons (Fsp3) is 0.273. The van der Waals surface area contributed by atoms with E-state index in [2.05, 4.69) is 14.8 Å². The summed E-state index contributed by atoms with van der Waals surface area (Å²) >= 11 is 1.56. The van der Waals surface area contributed by atoms with Gasteiger partial charge in [0.1, 0.15) is 5.82 Å². The molecule has 0 unspecified atom stereocenters. The van der Waals surface area contributed by atoms with E-state index < -0.39 is 0 Å². The second kappa shape index (κ2) is 8.64. The van der Waals surface area contributed by atoms with Crippen molar-refractivity contribution in [3.63, 3.8) is 0 Å². The molecule has 0 amide bonds. The predicted molar refractivity (Wildman–Crippen MR) is 122 cm³/mol. The average molecular weight is 453 g/mol. The molecule has 5 rings (SSSR count). The summed E-state index contributed by atoms with van der Waals surface area (Å²) in [5.74, 6) is -0.262. The maximum Gasteiger partial charge on any atom is 0.269 e. The Bertz CT molecular complexity index is 1200. The molecule has 1 fully saturated rings. The van der Waals surface area contributed by atoms with Gasteiger partial charge in [0.2, 0.25) is 10.1 Å². The maximum absolute atomic E-state index is 13.1. The number of piperazine rings is 1. The summed E-state index contributed by atoms with van der Waals surface area (Å²) in [5, 5.41) is 16.4. The standard InChI is InChI=1S/C22H21FN6O2S/c23-18-5-3-17(4-6-18)20-15-28-21(24-20)32-22(25-28)27-13-11-26(12-14-27)10-9-16-1-7-19(8-2-16)29(30)31/h1-8,15H,9-14H2. The molecule has 164 valence electrons. The minimum absolute atomic E-state index is 0.127. The Morgan fingerprint density at radius 1 is 1.03 bits per heavy atom. The van der Waals surface area contributed by atoms with E-state index in [1.807, 2.05) is 18.3 Å². The number of halogens is 1. The number of non-ortho nitro benzene ring substituents is 1. The number of rotatable bonds is 6. The first kappa shape index (κ1) is 20.5. The second-order valence-corrected chi connectivity index (χ2v) is 8.68. The van der Waals surface area contributed by atoms with Crippen LogP contribution in [0.3, 0.4) is 0 Å². The Hall–Kier alpha value is -3.37. The van der Waals surface area contributed by atoms with E-state index in [0.29, 0.717) is 0 Å². The van der Waals surface area contributed by atoms with Gasteiger partial charge in [-0.2, -0.15) is 0 Å². The number of anilines is 1. The van der Waals surface area contributed by atoms with E-state index >= 15 is 0 Å². The third-order valence-electron chi connectivity index (χ3n) is 5.68. The number of hydrogen-bond acceptors (Lipinski definition) is 7. The lowest BCUT2D eigenvalue weighted by Gasteiger charge is -2.34. The highest BCUT2D eigenvalue weighted by atomic mass is 32.1. The Morgan fingerprint density at radius 2 is 1.75 bits per heavy atom. The quantitative estimate of drug-likeness (QED) is 0.326. The van der Waals surface area contributed by atoms with E-state index in [4.69, 9.17) is 5.10 Å². The molecule has 0 aliphatic carbocycles. The molecule has 3 heterocycles. The molecular weight excluding hydrogens is 431 g/mol. The average Bonchev–Trinajstić information content (AvgIpc) is 3.38. The Labute approximate surface area is 187 Å². The molecule has 32 heavy (non-hydrogen) atoms. The lowest BCUT2D eigenvalue weighted by molar-refractivity contribution is -0.384. The van der Waals surface area contributed by atoms with E-state index in [-0.39, 0.29) is 16.4 Å². The van der Waals surface area contributed by atoms with Crippen LogP contribution in [0, 0.1) is 15.9 Å². The third kappa shape index (κ3) is 4.32. The number of nitro groups is 1. The summed E-state index contributed by atoms with van der Waals surface area (Å²) in [6.07, 6.45) is 2.75. The number of imidazole rings is 1. The van der Waals surface area contributed by atoms with Gasteiger partial charge in [-0.05, 0) is 36.2 Å². The zero-order valence-electron chi connectivity index (χ0n) is 17.2. The number of fused-ring (bicyclic) bond motifs is 1. The topological polar surface area (TPSA) is 79.8 Å².